The lowest BCUT2D eigenvalue weighted by molar-refractivity contribution is 0.0406. The first-order chi connectivity index (χ1) is 15.5. The van der Waals surface area contributed by atoms with Crippen molar-refractivity contribution in [3.63, 3.8) is 0 Å². The summed E-state index contributed by atoms with van der Waals surface area (Å²) < 4.78 is 20.2. The Bertz CT molecular complexity index is 1110. The first kappa shape index (κ1) is 22.9. The lowest BCUT2D eigenvalue weighted by atomic mass is 9.77. The largest absolute Gasteiger partial charge is 0.444 e. The van der Waals surface area contributed by atoms with E-state index in [1.54, 1.807) is 37.5 Å². The summed E-state index contributed by atoms with van der Waals surface area (Å²) in [5, 5.41) is 5.71. The third kappa shape index (κ3) is 5.07. The molecule has 2 aliphatic heterocycles. The van der Waals surface area contributed by atoms with E-state index in [-0.39, 0.29) is 23.6 Å². The molecule has 2 bridgehead atoms. The van der Waals surface area contributed by atoms with Gasteiger partial charge in [-0.3, -0.25) is 14.2 Å². The van der Waals surface area contributed by atoms with Crippen LogP contribution in [0.15, 0.2) is 35.1 Å². The fourth-order valence-corrected chi connectivity index (χ4v) is 4.55. The lowest BCUT2D eigenvalue weighted by Gasteiger charge is -2.37. The molecule has 8 nitrogen and oxygen atoms in total. The van der Waals surface area contributed by atoms with Crippen LogP contribution >= 0.6 is 0 Å². The molecule has 0 unspecified atom stereocenters. The molecule has 2 aromatic rings. The zero-order chi connectivity index (χ0) is 23.8. The van der Waals surface area contributed by atoms with Crippen molar-refractivity contribution in [1.29, 1.82) is 0 Å². The lowest BCUT2D eigenvalue weighted by Crippen LogP contribution is -2.51. The number of nitrogens with one attached hydrogen (secondary N) is 2. The molecule has 0 atom stereocenters. The zero-order valence-corrected chi connectivity index (χ0v) is 19.1. The summed E-state index contributed by atoms with van der Waals surface area (Å²) in [6.45, 7) is 6.04. The third-order valence-corrected chi connectivity index (χ3v) is 6.17. The predicted molar refractivity (Wildman–Crippen MR) is 119 cm³/mol. The van der Waals surface area contributed by atoms with Gasteiger partial charge in [-0.25, -0.2) is 14.2 Å². The molecular weight excluding hydrogens is 427 g/mol. The Hall–Kier alpha value is -3.23. The summed E-state index contributed by atoms with van der Waals surface area (Å²) in [5.41, 5.74) is -1.15. The van der Waals surface area contributed by atoms with E-state index < -0.39 is 23.1 Å². The molecule has 33 heavy (non-hydrogen) atoms. The molecule has 176 valence electrons. The van der Waals surface area contributed by atoms with E-state index in [9.17, 15) is 18.8 Å². The molecule has 5 rings (SSSR count). The van der Waals surface area contributed by atoms with Crippen LogP contribution in [0, 0.1) is 11.7 Å². The van der Waals surface area contributed by atoms with Crippen molar-refractivity contribution >= 4 is 12.0 Å². The topological polar surface area (TPSA) is 102 Å². The van der Waals surface area contributed by atoms with Crippen LogP contribution in [0.3, 0.4) is 0 Å². The minimum absolute atomic E-state index is 0.0101. The van der Waals surface area contributed by atoms with Crippen LogP contribution in [-0.4, -0.2) is 27.2 Å². The highest BCUT2D eigenvalue weighted by Crippen LogP contribution is 2.42. The molecule has 1 aromatic carbocycles. The van der Waals surface area contributed by atoms with Crippen molar-refractivity contribution < 1.29 is 18.7 Å². The monoisotopic (exact) mass is 456 g/mol. The minimum atomic E-state index is -0.873. The highest BCUT2D eigenvalue weighted by Gasteiger charge is 2.46. The second-order valence-electron chi connectivity index (χ2n) is 9.88. The summed E-state index contributed by atoms with van der Waals surface area (Å²) in [6.07, 6.45) is 2.33. The van der Waals surface area contributed by atoms with E-state index in [1.807, 2.05) is 0 Å². The fraction of sp³-hybridized carbons (Fsp3) is 0.500. The Morgan fingerprint density at radius 3 is 2.52 bits per heavy atom. The average molecular weight is 457 g/mol. The molecule has 2 amide bonds. The number of hydrogen-bond donors (Lipinski definition) is 2. The summed E-state index contributed by atoms with van der Waals surface area (Å²) in [6, 6.07) is 7.02. The average Bonchev–Trinajstić information content (AvgIpc) is 2.98. The van der Waals surface area contributed by atoms with E-state index in [2.05, 4.69) is 15.6 Å². The predicted octanol–water partition coefficient (Wildman–Crippen LogP) is 3.24. The molecule has 0 radical (unpaired) electrons. The summed E-state index contributed by atoms with van der Waals surface area (Å²) in [5.74, 6) is -0.153. The van der Waals surface area contributed by atoms with Crippen LogP contribution < -0.4 is 16.2 Å². The smallest absolute Gasteiger partial charge is 0.408 e. The SMILES string of the molecule is CC(C)(C)OC(=O)NC12CCC(CC1)Cn1c2nc(C(=O)NCc2ccc(F)cc2)cc1=O. The number of hydrogen-bond acceptors (Lipinski definition) is 5. The standard InChI is InChI=1S/C24H29FN4O4/c1-23(2,3)33-22(32)28-24-10-8-16(9-11-24)14-29-19(30)12-18(27-21(24)29)20(31)26-13-15-4-6-17(25)7-5-15/h4-7,12,16H,8-11,13-14H2,1-3H3,(H,26,31)(H,28,32). The van der Waals surface area contributed by atoms with E-state index >= 15 is 0 Å². The number of amides is 2. The number of fused-ring (bicyclic) bond motifs is 2. The number of nitrogens with zero attached hydrogens (tertiary/aromatic N) is 2. The van der Waals surface area contributed by atoms with Crippen molar-refractivity contribution in [3.8, 4) is 0 Å². The molecule has 3 aliphatic rings. The van der Waals surface area contributed by atoms with Crippen LogP contribution in [0.1, 0.15) is 68.3 Å². The summed E-state index contributed by atoms with van der Waals surface area (Å²) in [7, 11) is 0. The molecule has 1 saturated carbocycles. The number of carbonyl (C=O) groups is 2. The summed E-state index contributed by atoms with van der Waals surface area (Å²) >= 11 is 0. The van der Waals surface area contributed by atoms with Gasteiger partial charge in [-0.1, -0.05) is 12.1 Å². The molecule has 1 aliphatic carbocycles. The maximum atomic E-state index is 13.1. The van der Waals surface area contributed by atoms with Gasteiger partial charge in [0, 0.05) is 19.2 Å². The van der Waals surface area contributed by atoms with Crippen molar-refractivity contribution in [2.45, 2.75) is 70.7 Å². The van der Waals surface area contributed by atoms with Crippen LogP contribution in [-0.2, 0) is 23.4 Å². The number of alkyl carbamates (subject to hydrolysis) is 1. The fourth-order valence-electron chi connectivity index (χ4n) is 4.55. The van der Waals surface area contributed by atoms with Crippen LogP contribution in [0.25, 0.3) is 0 Å². The highest BCUT2D eigenvalue weighted by molar-refractivity contribution is 5.92. The minimum Gasteiger partial charge on any atom is -0.444 e. The number of aromatic nitrogens is 2. The van der Waals surface area contributed by atoms with Crippen molar-refractivity contribution in [2.75, 3.05) is 0 Å². The second-order valence-corrected chi connectivity index (χ2v) is 9.88. The Balaban J connectivity index is 1.63. The molecule has 3 heterocycles. The number of rotatable bonds is 4. The Kier molecular flexibility index (Phi) is 5.99. The Labute approximate surface area is 191 Å². The van der Waals surface area contributed by atoms with Gasteiger partial charge in [0.25, 0.3) is 11.5 Å². The number of ether oxygens (including phenoxy) is 1. The summed E-state index contributed by atoms with van der Waals surface area (Å²) in [4.78, 5) is 43.1. The molecule has 0 saturated heterocycles. The number of carbonyl (C=O) groups excluding carboxylic acids is 2. The van der Waals surface area contributed by atoms with Crippen molar-refractivity contribution in [1.82, 2.24) is 20.2 Å². The number of halogens is 1. The Morgan fingerprint density at radius 1 is 1.21 bits per heavy atom. The van der Waals surface area contributed by atoms with Gasteiger partial charge in [-0.2, -0.15) is 0 Å². The van der Waals surface area contributed by atoms with Gasteiger partial charge >= 0.3 is 6.09 Å². The van der Waals surface area contributed by atoms with Crippen LogP contribution in [0.2, 0.25) is 0 Å². The van der Waals surface area contributed by atoms with Crippen LogP contribution in [0.4, 0.5) is 9.18 Å². The zero-order valence-electron chi connectivity index (χ0n) is 19.1. The van der Waals surface area contributed by atoms with Crippen LogP contribution in [0.5, 0.6) is 0 Å². The van der Waals surface area contributed by atoms with Gasteiger partial charge in [0.15, 0.2) is 0 Å². The van der Waals surface area contributed by atoms with Gasteiger partial charge in [0.05, 0.1) is 0 Å². The van der Waals surface area contributed by atoms with Crippen molar-refractivity contribution in [2.24, 2.45) is 5.92 Å². The van der Waals surface area contributed by atoms with E-state index in [0.29, 0.717) is 31.1 Å². The van der Waals surface area contributed by atoms with Gasteiger partial charge in [0.1, 0.15) is 28.5 Å². The van der Waals surface area contributed by atoms with Gasteiger partial charge in [0.2, 0.25) is 0 Å². The van der Waals surface area contributed by atoms with E-state index in [0.717, 1.165) is 18.4 Å². The normalized spacial score (nSPS) is 21.6. The first-order valence-corrected chi connectivity index (χ1v) is 11.2. The van der Waals surface area contributed by atoms with Gasteiger partial charge in [-0.15, -0.1) is 0 Å². The Morgan fingerprint density at radius 2 is 1.88 bits per heavy atom. The third-order valence-electron chi connectivity index (χ3n) is 6.17. The molecule has 1 aromatic heterocycles. The van der Waals surface area contributed by atoms with Crippen molar-refractivity contribution in [3.05, 3.63) is 63.6 Å². The molecule has 0 spiro atoms. The van der Waals surface area contributed by atoms with E-state index in [4.69, 9.17) is 4.74 Å². The van der Waals surface area contributed by atoms with Gasteiger partial charge in [-0.05, 0) is 70.1 Å². The molecule has 2 N–H and O–H groups in total. The molecule has 1 fully saturated rings. The number of benzene rings is 1. The van der Waals surface area contributed by atoms with Gasteiger partial charge < -0.3 is 15.4 Å². The first-order valence-electron chi connectivity index (χ1n) is 11.2. The molecular formula is C24H29FN4O4. The molecule has 9 heteroatoms. The van der Waals surface area contributed by atoms with E-state index in [1.165, 1.54) is 18.2 Å². The second kappa shape index (κ2) is 8.61. The highest BCUT2D eigenvalue weighted by atomic mass is 19.1. The maximum absolute atomic E-state index is 13.1. The quantitative estimate of drug-likeness (QED) is 0.735. The maximum Gasteiger partial charge on any atom is 0.408 e.